The topological polar surface area (TPSA) is 106 Å². The van der Waals surface area contributed by atoms with Gasteiger partial charge in [-0.1, -0.05) is 6.07 Å². The first kappa shape index (κ1) is 15.9. The van der Waals surface area contributed by atoms with E-state index in [0.717, 1.165) is 5.56 Å². The van der Waals surface area contributed by atoms with E-state index in [9.17, 15) is 14.4 Å². The predicted molar refractivity (Wildman–Crippen MR) is 92.3 cm³/mol. The molecular weight excluding hydrogens is 338 g/mol. The van der Waals surface area contributed by atoms with Crippen LogP contribution in [0.25, 0.3) is 0 Å². The summed E-state index contributed by atoms with van der Waals surface area (Å²) in [5.74, 6) is 0.365. The molecule has 3 amide bonds. The molecule has 8 heteroatoms. The van der Waals surface area contributed by atoms with Crippen molar-refractivity contribution in [3.63, 3.8) is 0 Å². The fraction of sp³-hybridized carbons (Fsp3) is 0.167. The highest BCUT2D eigenvalue weighted by molar-refractivity contribution is 5.99. The molecule has 0 aromatic heterocycles. The van der Waals surface area contributed by atoms with Crippen LogP contribution in [0.2, 0.25) is 0 Å². The van der Waals surface area contributed by atoms with Crippen LogP contribution in [0.3, 0.4) is 0 Å². The Morgan fingerprint density at radius 1 is 0.923 bits per heavy atom. The predicted octanol–water partition coefficient (Wildman–Crippen LogP) is 1.28. The monoisotopic (exact) mass is 353 g/mol. The number of amides is 3. The highest BCUT2D eigenvalue weighted by Gasteiger charge is 2.18. The van der Waals surface area contributed by atoms with Gasteiger partial charge in [-0.15, -0.1) is 0 Å². The molecule has 132 valence electrons. The molecule has 0 spiro atoms. The SMILES string of the molecule is O=C1COc2ccc(CNC(=O)c3ccc4c(c3)OCC(=O)N4)cc2N1. The Hall–Kier alpha value is -3.55. The summed E-state index contributed by atoms with van der Waals surface area (Å²) in [6.45, 7) is 0.224. The van der Waals surface area contributed by atoms with E-state index in [1.807, 2.05) is 6.07 Å². The normalized spacial score (nSPS) is 14.8. The number of fused-ring (bicyclic) bond motifs is 2. The summed E-state index contributed by atoms with van der Waals surface area (Å²) >= 11 is 0. The average molecular weight is 353 g/mol. The molecule has 0 radical (unpaired) electrons. The highest BCUT2D eigenvalue weighted by atomic mass is 16.5. The van der Waals surface area contributed by atoms with Gasteiger partial charge in [0, 0.05) is 12.1 Å². The van der Waals surface area contributed by atoms with Gasteiger partial charge in [0.05, 0.1) is 11.4 Å². The number of hydrogen-bond donors (Lipinski definition) is 3. The van der Waals surface area contributed by atoms with Gasteiger partial charge in [-0.25, -0.2) is 0 Å². The molecule has 2 aliphatic rings. The Morgan fingerprint density at radius 2 is 1.65 bits per heavy atom. The van der Waals surface area contributed by atoms with Crippen LogP contribution in [0.1, 0.15) is 15.9 Å². The molecule has 2 aliphatic heterocycles. The number of ether oxygens (including phenoxy) is 2. The van der Waals surface area contributed by atoms with E-state index in [1.54, 1.807) is 30.3 Å². The van der Waals surface area contributed by atoms with Crippen LogP contribution in [-0.2, 0) is 16.1 Å². The molecule has 0 aliphatic carbocycles. The Bertz CT molecular complexity index is 925. The van der Waals surface area contributed by atoms with E-state index < -0.39 is 0 Å². The van der Waals surface area contributed by atoms with Crippen molar-refractivity contribution < 1.29 is 23.9 Å². The molecule has 2 aromatic rings. The van der Waals surface area contributed by atoms with Gasteiger partial charge in [-0.2, -0.15) is 0 Å². The van der Waals surface area contributed by atoms with Gasteiger partial charge < -0.3 is 25.4 Å². The van der Waals surface area contributed by atoms with Crippen molar-refractivity contribution in [3.8, 4) is 11.5 Å². The van der Waals surface area contributed by atoms with Crippen LogP contribution in [0.15, 0.2) is 36.4 Å². The Balaban J connectivity index is 1.43. The lowest BCUT2D eigenvalue weighted by Gasteiger charge is -2.19. The van der Waals surface area contributed by atoms with Crippen molar-refractivity contribution >= 4 is 29.1 Å². The second-order valence-electron chi connectivity index (χ2n) is 5.90. The Morgan fingerprint density at radius 3 is 2.46 bits per heavy atom. The molecule has 0 fully saturated rings. The molecule has 0 saturated heterocycles. The third kappa shape index (κ3) is 3.16. The van der Waals surface area contributed by atoms with E-state index in [1.165, 1.54) is 0 Å². The summed E-state index contributed by atoms with van der Waals surface area (Å²) in [6.07, 6.45) is 0. The van der Waals surface area contributed by atoms with E-state index in [4.69, 9.17) is 9.47 Å². The molecule has 0 atom stereocenters. The number of rotatable bonds is 3. The third-order valence-electron chi connectivity index (χ3n) is 4.01. The van der Waals surface area contributed by atoms with Gasteiger partial charge >= 0.3 is 0 Å². The Labute approximate surface area is 148 Å². The van der Waals surface area contributed by atoms with Crippen LogP contribution < -0.4 is 25.4 Å². The fourth-order valence-corrected chi connectivity index (χ4v) is 2.74. The molecule has 0 unspecified atom stereocenters. The lowest BCUT2D eigenvalue weighted by Crippen LogP contribution is -2.27. The fourth-order valence-electron chi connectivity index (χ4n) is 2.74. The molecule has 0 bridgehead atoms. The molecule has 2 aromatic carbocycles. The van der Waals surface area contributed by atoms with Crippen LogP contribution in [0.5, 0.6) is 11.5 Å². The summed E-state index contributed by atoms with van der Waals surface area (Å²) in [5.41, 5.74) is 2.38. The molecule has 3 N–H and O–H groups in total. The zero-order valence-electron chi connectivity index (χ0n) is 13.6. The van der Waals surface area contributed by atoms with Gasteiger partial charge in [-0.05, 0) is 35.9 Å². The highest BCUT2D eigenvalue weighted by Crippen LogP contribution is 2.29. The molecular formula is C18H15N3O5. The van der Waals surface area contributed by atoms with Crippen LogP contribution in [-0.4, -0.2) is 30.9 Å². The number of anilines is 2. The van der Waals surface area contributed by atoms with Crippen LogP contribution >= 0.6 is 0 Å². The first-order chi connectivity index (χ1) is 12.6. The van der Waals surface area contributed by atoms with Gasteiger partial charge in [0.25, 0.3) is 17.7 Å². The quantitative estimate of drug-likeness (QED) is 0.771. The number of nitrogens with one attached hydrogen (secondary N) is 3. The van der Waals surface area contributed by atoms with E-state index in [-0.39, 0.29) is 37.5 Å². The minimum Gasteiger partial charge on any atom is -0.482 e. The van der Waals surface area contributed by atoms with Crippen LogP contribution in [0.4, 0.5) is 11.4 Å². The summed E-state index contributed by atoms with van der Waals surface area (Å²) in [7, 11) is 0. The van der Waals surface area contributed by atoms with Gasteiger partial charge in [0.2, 0.25) is 0 Å². The smallest absolute Gasteiger partial charge is 0.262 e. The number of carbonyl (C=O) groups excluding carboxylic acids is 3. The van der Waals surface area contributed by atoms with Gasteiger partial charge in [-0.3, -0.25) is 14.4 Å². The maximum atomic E-state index is 12.4. The zero-order chi connectivity index (χ0) is 18.1. The maximum Gasteiger partial charge on any atom is 0.262 e. The maximum absolute atomic E-state index is 12.4. The first-order valence-corrected chi connectivity index (χ1v) is 7.99. The third-order valence-corrected chi connectivity index (χ3v) is 4.01. The number of hydrogen-bond acceptors (Lipinski definition) is 5. The largest absolute Gasteiger partial charge is 0.482 e. The van der Waals surface area contributed by atoms with E-state index >= 15 is 0 Å². The molecule has 2 heterocycles. The summed E-state index contributed by atoms with van der Waals surface area (Å²) in [6, 6.07) is 10.2. The first-order valence-electron chi connectivity index (χ1n) is 7.99. The Kier molecular flexibility index (Phi) is 3.92. The molecule has 26 heavy (non-hydrogen) atoms. The van der Waals surface area contributed by atoms with Crippen molar-refractivity contribution in [1.82, 2.24) is 5.32 Å². The minimum absolute atomic E-state index is 0.00391. The summed E-state index contributed by atoms with van der Waals surface area (Å²) in [4.78, 5) is 35.0. The molecule has 4 rings (SSSR count). The van der Waals surface area contributed by atoms with Gasteiger partial charge in [0.1, 0.15) is 11.5 Å². The van der Waals surface area contributed by atoms with Crippen LogP contribution in [0, 0.1) is 0 Å². The lowest BCUT2D eigenvalue weighted by molar-refractivity contribution is -0.119. The lowest BCUT2D eigenvalue weighted by atomic mass is 10.1. The number of carbonyl (C=O) groups is 3. The molecule has 0 saturated carbocycles. The second-order valence-corrected chi connectivity index (χ2v) is 5.90. The zero-order valence-corrected chi connectivity index (χ0v) is 13.6. The van der Waals surface area contributed by atoms with Crippen molar-refractivity contribution in [2.45, 2.75) is 6.54 Å². The van der Waals surface area contributed by atoms with E-state index in [2.05, 4.69) is 16.0 Å². The van der Waals surface area contributed by atoms with Crippen molar-refractivity contribution in [2.24, 2.45) is 0 Å². The summed E-state index contributed by atoms with van der Waals surface area (Å²) < 4.78 is 10.6. The summed E-state index contributed by atoms with van der Waals surface area (Å²) in [5, 5.41) is 8.22. The second kappa shape index (κ2) is 6.40. The minimum atomic E-state index is -0.272. The number of benzene rings is 2. The molecule has 8 nitrogen and oxygen atoms in total. The average Bonchev–Trinajstić information content (AvgIpc) is 2.65. The van der Waals surface area contributed by atoms with Crippen molar-refractivity contribution in [1.29, 1.82) is 0 Å². The van der Waals surface area contributed by atoms with Gasteiger partial charge in [0.15, 0.2) is 13.2 Å². The van der Waals surface area contributed by atoms with Crippen molar-refractivity contribution in [3.05, 3.63) is 47.5 Å². The van der Waals surface area contributed by atoms with Crippen molar-refractivity contribution in [2.75, 3.05) is 23.8 Å². The van der Waals surface area contributed by atoms with E-state index in [0.29, 0.717) is 28.4 Å². The standard InChI is InChI=1S/C18H15N3O5/c22-16-9-26-15-6-11(2-3-12(15)20-16)18(24)19-7-10-1-4-14-13(5-10)21-17(23)8-25-14/h1-6H,7-9H2,(H,19,24)(H,20,22)(H,21,23).